The fourth-order valence-corrected chi connectivity index (χ4v) is 2.18. The average Bonchev–Trinajstić information content (AvgIpc) is 2.53. The van der Waals surface area contributed by atoms with E-state index in [2.05, 4.69) is 0 Å². The van der Waals surface area contributed by atoms with Gasteiger partial charge >= 0.3 is 0 Å². The van der Waals surface area contributed by atoms with Crippen molar-refractivity contribution in [2.45, 2.75) is 12.6 Å². The van der Waals surface area contributed by atoms with Crippen LogP contribution in [0.3, 0.4) is 0 Å². The van der Waals surface area contributed by atoms with Gasteiger partial charge < -0.3 is 20.3 Å². The lowest BCUT2D eigenvalue weighted by atomic mass is 10.1. The van der Waals surface area contributed by atoms with Crippen LogP contribution in [0, 0.1) is 5.82 Å². The number of aliphatic hydroxyl groups is 1. The molecule has 0 saturated heterocycles. The smallest absolute Gasteiger partial charge is 0.161 e. The van der Waals surface area contributed by atoms with Gasteiger partial charge in [0.25, 0.3) is 0 Å². The van der Waals surface area contributed by atoms with Crippen LogP contribution in [0.25, 0.3) is 0 Å². The molecule has 2 aromatic carbocycles. The minimum absolute atomic E-state index is 0.0206. The van der Waals surface area contributed by atoms with Crippen LogP contribution in [0.4, 0.5) is 4.39 Å². The molecule has 4 nitrogen and oxygen atoms in total. The molecule has 2 rings (SSSR count). The van der Waals surface area contributed by atoms with E-state index in [-0.39, 0.29) is 18.8 Å². The Bertz CT molecular complexity index is 631. The lowest BCUT2D eigenvalue weighted by molar-refractivity contribution is 0.265. The van der Waals surface area contributed by atoms with E-state index >= 15 is 0 Å². The van der Waals surface area contributed by atoms with Gasteiger partial charge in [0.1, 0.15) is 12.4 Å². The third-order valence-corrected chi connectivity index (χ3v) is 3.60. The molecular formula is C16H17ClFNO3. The Morgan fingerprint density at radius 3 is 2.68 bits per heavy atom. The fourth-order valence-electron chi connectivity index (χ4n) is 1.96. The standard InChI is InChI=1S/C16H17ClFNO3/c1-21-16-7-10(14(19)8-20)5-6-15(16)22-9-11-12(17)3-2-4-13(11)18/h2-7,14,20H,8-9,19H2,1H3/t14-/m1/s1. The molecule has 6 heteroatoms. The molecule has 118 valence electrons. The van der Waals surface area contributed by atoms with E-state index in [0.29, 0.717) is 16.5 Å². The Labute approximate surface area is 133 Å². The van der Waals surface area contributed by atoms with Crippen molar-refractivity contribution < 1.29 is 19.0 Å². The van der Waals surface area contributed by atoms with Crippen molar-refractivity contribution in [2.24, 2.45) is 5.73 Å². The number of ether oxygens (including phenoxy) is 2. The van der Waals surface area contributed by atoms with Crippen molar-refractivity contribution >= 4 is 11.6 Å². The largest absolute Gasteiger partial charge is 0.493 e. The van der Waals surface area contributed by atoms with Crippen molar-refractivity contribution in [3.8, 4) is 11.5 Å². The van der Waals surface area contributed by atoms with Gasteiger partial charge in [-0.15, -0.1) is 0 Å². The molecule has 22 heavy (non-hydrogen) atoms. The van der Waals surface area contributed by atoms with Crippen LogP contribution in [-0.2, 0) is 6.61 Å². The van der Waals surface area contributed by atoms with Gasteiger partial charge in [-0.05, 0) is 29.8 Å². The molecule has 0 unspecified atom stereocenters. The van der Waals surface area contributed by atoms with Crippen LogP contribution in [-0.4, -0.2) is 18.8 Å². The first-order chi connectivity index (χ1) is 10.6. The van der Waals surface area contributed by atoms with E-state index in [1.165, 1.54) is 19.2 Å². The predicted molar refractivity (Wildman–Crippen MR) is 82.8 cm³/mol. The van der Waals surface area contributed by atoms with Crippen molar-refractivity contribution in [1.82, 2.24) is 0 Å². The normalized spacial score (nSPS) is 12.0. The van der Waals surface area contributed by atoms with Crippen molar-refractivity contribution in [3.63, 3.8) is 0 Å². The summed E-state index contributed by atoms with van der Waals surface area (Å²) < 4.78 is 24.5. The fraction of sp³-hybridized carbons (Fsp3) is 0.250. The molecule has 3 N–H and O–H groups in total. The molecule has 0 fully saturated rings. The third kappa shape index (κ3) is 3.68. The first-order valence-corrected chi connectivity index (χ1v) is 7.04. The number of benzene rings is 2. The molecule has 0 saturated carbocycles. The Kier molecular flexibility index (Phi) is 5.60. The van der Waals surface area contributed by atoms with E-state index in [1.807, 2.05) is 0 Å². The lowest BCUT2D eigenvalue weighted by Gasteiger charge is -2.15. The first-order valence-electron chi connectivity index (χ1n) is 6.67. The topological polar surface area (TPSA) is 64.7 Å². The van der Waals surface area contributed by atoms with Gasteiger partial charge in [0, 0.05) is 5.56 Å². The van der Waals surface area contributed by atoms with Crippen LogP contribution < -0.4 is 15.2 Å². The number of methoxy groups -OCH3 is 1. The number of rotatable bonds is 6. The van der Waals surface area contributed by atoms with Crippen LogP contribution in [0.2, 0.25) is 5.02 Å². The second kappa shape index (κ2) is 7.45. The monoisotopic (exact) mass is 325 g/mol. The van der Waals surface area contributed by atoms with Gasteiger partial charge in [-0.3, -0.25) is 0 Å². The summed E-state index contributed by atoms with van der Waals surface area (Å²) in [5.41, 5.74) is 6.76. The molecule has 0 radical (unpaired) electrons. The number of hydrogen-bond acceptors (Lipinski definition) is 4. The quantitative estimate of drug-likeness (QED) is 0.856. The Hall–Kier alpha value is -1.82. The molecule has 0 aliphatic heterocycles. The summed E-state index contributed by atoms with van der Waals surface area (Å²) in [7, 11) is 1.49. The molecule has 0 heterocycles. The highest BCUT2D eigenvalue weighted by atomic mass is 35.5. The highest BCUT2D eigenvalue weighted by Crippen LogP contribution is 2.31. The molecule has 0 amide bonds. The minimum atomic E-state index is -0.496. The summed E-state index contributed by atoms with van der Waals surface area (Å²) in [6.45, 7) is -0.193. The maximum Gasteiger partial charge on any atom is 0.161 e. The molecule has 0 aliphatic carbocycles. The van der Waals surface area contributed by atoms with E-state index in [4.69, 9.17) is 31.9 Å². The van der Waals surface area contributed by atoms with Crippen molar-refractivity contribution in [2.75, 3.05) is 13.7 Å². The SMILES string of the molecule is COc1cc([C@H](N)CO)ccc1OCc1c(F)cccc1Cl. The summed E-state index contributed by atoms with van der Waals surface area (Å²) in [6, 6.07) is 9.03. The maximum atomic E-state index is 13.7. The zero-order chi connectivity index (χ0) is 16.1. The van der Waals surface area contributed by atoms with Gasteiger partial charge in [-0.25, -0.2) is 4.39 Å². The maximum absolute atomic E-state index is 13.7. The zero-order valence-corrected chi connectivity index (χ0v) is 12.8. The zero-order valence-electron chi connectivity index (χ0n) is 12.1. The Balaban J connectivity index is 2.19. The molecule has 0 bridgehead atoms. The van der Waals surface area contributed by atoms with E-state index in [1.54, 1.807) is 24.3 Å². The number of hydrogen-bond donors (Lipinski definition) is 2. The second-order valence-electron chi connectivity index (χ2n) is 4.69. The summed E-state index contributed by atoms with van der Waals surface area (Å²) in [5, 5.41) is 9.38. The summed E-state index contributed by atoms with van der Waals surface area (Å²) in [4.78, 5) is 0. The van der Waals surface area contributed by atoms with Crippen LogP contribution in [0.15, 0.2) is 36.4 Å². The number of nitrogens with two attached hydrogens (primary N) is 1. The van der Waals surface area contributed by atoms with E-state index in [9.17, 15) is 4.39 Å². The Morgan fingerprint density at radius 2 is 2.05 bits per heavy atom. The average molecular weight is 326 g/mol. The van der Waals surface area contributed by atoms with Crippen LogP contribution in [0.5, 0.6) is 11.5 Å². The highest BCUT2D eigenvalue weighted by Gasteiger charge is 2.12. The second-order valence-corrected chi connectivity index (χ2v) is 5.10. The molecular weight excluding hydrogens is 309 g/mol. The molecule has 0 aliphatic rings. The molecule has 1 atom stereocenters. The van der Waals surface area contributed by atoms with Gasteiger partial charge in [-0.1, -0.05) is 23.7 Å². The minimum Gasteiger partial charge on any atom is -0.493 e. The number of halogens is 2. The lowest BCUT2D eigenvalue weighted by Crippen LogP contribution is -2.14. The highest BCUT2D eigenvalue weighted by molar-refractivity contribution is 6.31. The Morgan fingerprint density at radius 1 is 1.27 bits per heavy atom. The molecule has 0 aromatic heterocycles. The van der Waals surface area contributed by atoms with Gasteiger partial charge in [0.2, 0.25) is 0 Å². The predicted octanol–water partition coefficient (Wildman–Crippen LogP) is 3.06. The summed E-state index contributed by atoms with van der Waals surface area (Å²) in [5.74, 6) is 0.468. The molecule has 0 spiro atoms. The third-order valence-electron chi connectivity index (χ3n) is 3.25. The first kappa shape index (κ1) is 16.5. The molecule has 2 aromatic rings. The summed E-state index contributed by atoms with van der Waals surface area (Å²) in [6.07, 6.45) is 0. The van der Waals surface area contributed by atoms with Crippen molar-refractivity contribution in [1.29, 1.82) is 0 Å². The van der Waals surface area contributed by atoms with Crippen molar-refractivity contribution in [3.05, 3.63) is 58.4 Å². The van der Waals surface area contributed by atoms with Gasteiger partial charge in [-0.2, -0.15) is 0 Å². The van der Waals surface area contributed by atoms with E-state index in [0.717, 1.165) is 5.56 Å². The summed E-state index contributed by atoms with van der Waals surface area (Å²) >= 11 is 5.96. The van der Waals surface area contributed by atoms with Gasteiger partial charge in [0.15, 0.2) is 11.5 Å². The van der Waals surface area contributed by atoms with Gasteiger partial charge in [0.05, 0.1) is 24.8 Å². The number of aliphatic hydroxyl groups excluding tert-OH is 1. The van der Waals surface area contributed by atoms with Crippen LogP contribution >= 0.6 is 11.6 Å². The van der Waals surface area contributed by atoms with Crippen LogP contribution in [0.1, 0.15) is 17.2 Å². The van der Waals surface area contributed by atoms with E-state index < -0.39 is 11.9 Å².